The number of rotatable bonds is 4. The van der Waals surface area contributed by atoms with Gasteiger partial charge in [0, 0.05) is 11.6 Å². The Morgan fingerprint density at radius 2 is 2.13 bits per heavy atom. The van der Waals surface area contributed by atoms with Crippen molar-refractivity contribution in [1.29, 1.82) is 0 Å². The van der Waals surface area contributed by atoms with Crippen LogP contribution in [0.4, 0.5) is 6.01 Å². The van der Waals surface area contributed by atoms with E-state index in [-0.39, 0.29) is 0 Å². The highest BCUT2D eigenvalue weighted by Crippen LogP contribution is 2.28. The van der Waals surface area contributed by atoms with Crippen LogP contribution in [0.25, 0.3) is 11.1 Å². The summed E-state index contributed by atoms with van der Waals surface area (Å²) in [5.74, 6) is -0.481. The molecule has 5 nitrogen and oxygen atoms in total. The zero-order valence-electron chi connectivity index (χ0n) is 12.1. The van der Waals surface area contributed by atoms with E-state index in [0.717, 1.165) is 5.56 Å². The number of nitrogens with zero attached hydrogens (tertiary/aromatic N) is 1. The summed E-state index contributed by atoms with van der Waals surface area (Å²) < 4.78 is 10.3. The quantitative estimate of drug-likeness (QED) is 0.700. The van der Waals surface area contributed by atoms with Crippen molar-refractivity contribution in [2.45, 2.75) is 6.54 Å². The minimum Gasteiger partial charge on any atom is -0.465 e. The SMILES string of the molecule is COC(=O)c1cc(Cl)c2oc(NCc3cccc(Cl)c3)nc2c1. The fourth-order valence-corrected chi connectivity index (χ4v) is 2.59. The van der Waals surface area contributed by atoms with E-state index in [2.05, 4.69) is 15.0 Å². The molecular formula is C16H12Cl2N2O3. The van der Waals surface area contributed by atoms with Crippen molar-refractivity contribution >= 4 is 46.3 Å². The summed E-state index contributed by atoms with van der Waals surface area (Å²) in [7, 11) is 1.31. The van der Waals surface area contributed by atoms with Gasteiger partial charge in [0.15, 0.2) is 5.58 Å². The second-order valence-electron chi connectivity index (χ2n) is 4.80. The van der Waals surface area contributed by atoms with E-state index in [1.165, 1.54) is 13.2 Å². The minimum atomic E-state index is -0.481. The summed E-state index contributed by atoms with van der Waals surface area (Å²) in [5.41, 5.74) is 2.19. The van der Waals surface area contributed by atoms with Crippen molar-refractivity contribution in [3.8, 4) is 0 Å². The number of anilines is 1. The minimum absolute atomic E-state index is 0.297. The predicted octanol–water partition coefficient (Wildman–Crippen LogP) is 4.53. The lowest BCUT2D eigenvalue weighted by Crippen LogP contribution is -2.00. The van der Waals surface area contributed by atoms with E-state index >= 15 is 0 Å². The molecule has 23 heavy (non-hydrogen) atoms. The molecule has 7 heteroatoms. The first-order valence-electron chi connectivity index (χ1n) is 6.73. The van der Waals surface area contributed by atoms with E-state index in [4.69, 9.17) is 27.6 Å². The van der Waals surface area contributed by atoms with E-state index < -0.39 is 5.97 Å². The third kappa shape index (κ3) is 3.41. The molecule has 0 aliphatic rings. The number of nitrogens with one attached hydrogen (secondary N) is 1. The maximum atomic E-state index is 11.6. The van der Waals surface area contributed by atoms with Crippen LogP contribution in [-0.4, -0.2) is 18.1 Å². The maximum absolute atomic E-state index is 11.6. The predicted molar refractivity (Wildman–Crippen MR) is 89.1 cm³/mol. The average molecular weight is 351 g/mol. The highest BCUT2D eigenvalue weighted by molar-refractivity contribution is 6.35. The first-order valence-corrected chi connectivity index (χ1v) is 7.49. The van der Waals surface area contributed by atoms with Gasteiger partial charge in [-0.25, -0.2) is 4.79 Å². The molecule has 2 aromatic carbocycles. The van der Waals surface area contributed by atoms with Gasteiger partial charge in [-0.05, 0) is 29.8 Å². The Bertz CT molecular complexity index is 877. The number of halogens is 2. The number of hydrogen-bond acceptors (Lipinski definition) is 5. The fourth-order valence-electron chi connectivity index (χ4n) is 2.13. The second-order valence-corrected chi connectivity index (χ2v) is 5.64. The van der Waals surface area contributed by atoms with E-state index in [1.54, 1.807) is 12.1 Å². The number of carbonyl (C=O) groups is 1. The molecular weight excluding hydrogens is 339 g/mol. The lowest BCUT2D eigenvalue weighted by Gasteiger charge is -2.02. The normalized spacial score (nSPS) is 10.7. The Morgan fingerprint density at radius 1 is 1.30 bits per heavy atom. The standard InChI is InChI=1S/C16H12Cl2N2O3/c1-22-15(21)10-6-12(18)14-13(7-10)20-16(23-14)19-8-9-3-2-4-11(17)5-9/h2-7H,8H2,1H3,(H,19,20). The van der Waals surface area contributed by atoms with Crippen LogP contribution in [0.3, 0.4) is 0 Å². The molecule has 3 aromatic rings. The first kappa shape index (κ1) is 15.6. The molecule has 118 valence electrons. The number of ether oxygens (including phenoxy) is 1. The van der Waals surface area contributed by atoms with Crippen LogP contribution in [0.5, 0.6) is 0 Å². The van der Waals surface area contributed by atoms with Gasteiger partial charge < -0.3 is 14.5 Å². The van der Waals surface area contributed by atoms with Crippen LogP contribution in [0.15, 0.2) is 40.8 Å². The number of hydrogen-bond donors (Lipinski definition) is 1. The van der Waals surface area contributed by atoms with Gasteiger partial charge in [0.2, 0.25) is 0 Å². The molecule has 0 spiro atoms. The lowest BCUT2D eigenvalue weighted by atomic mass is 10.2. The highest BCUT2D eigenvalue weighted by Gasteiger charge is 2.14. The molecule has 0 amide bonds. The van der Waals surface area contributed by atoms with Crippen LogP contribution in [0, 0.1) is 0 Å². The van der Waals surface area contributed by atoms with Crippen molar-refractivity contribution in [3.05, 3.63) is 57.6 Å². The van der Waals surface area contributed by atoms with Gasteiger partial charge in [-0.1, -0.05) is 35.3 Å². The number of benzene rings is 2. The van der Waals surface area contributed by atoms with E-state index in [0.29, 0.717) is 39.3 Å². The monoisotopic (exact) mass is 350 g/mol. The molecule has 0 fully saturated rings. The Balaban J connectivity index is 1.85. The highest BCUT2D eigenvalue weighted by atomic mass is 35.5. The largest absolute Gasteiger partial charge is 0.465 e. The van der Waals surface area contributed by atoms with Crippen LogP contribution < -0.4 is 5.32 Å². The first-order chi connectivity index (χ1) is 11.1. The molecule has 1 heterocycles. The van der Waals surface area contributed by atoms with Gasteiger partial charge in [0.25, 0.3) is 6.01 Å². The Morgan fingerprint density at radius 3 is 2.87 bits per heavy atom. The van der Waals surface area contributed by atoms with Crippen LogP contribution in [-0.2, 0) is 11.3 Å². The summed E-state index contributed by atoms with van der Waals surface area (Å²) in [5, 5.41) is 4.01. The zero-order chi connectivity index (χ0) is 16.4. The second kappa shape index (κ2) is 6.48. The summed E-state index contributed by atoms with van der Waals surface area (Å²) >= 11 is 12.1. The summed E-state index contributed by atoms with van der Waals surface area (Å²) in [4.78, 5) is 15.9. The fraction of sp³-hybridized carbons (Fsp3) is 0.125. The molecule has 0 saturated heterocycles. The zero-order valence-corrected chi connectivity index (χ0v) is 13.6. The lowest BCUT2D eigenvalue weighted by molar-refractivity contribution is 0.0601. The van der Waals surface area contributed by atoms with Crippen LogP contribution >= 0.6 is 23.2 Å². The number of carbonyl (C=O) groups excluding carboxylic acids is 1. The molecule has 0 atom stereocenters. The van der Waals surface area contributed by atoms with Gasteiger partial charge in [-0.2, -0.15) is 4.98 Å². The van der Waals surface area contributed by atoms with Gasteiger partial charge in [0.1, 0.15) is 5.52 Å². The molecule has 0 unspecified atom stereocenters. The summed E-state index contributed by atoms with van der Waals surface area (Å²) in [6.45, 7) is 0.495. The number of esters is 1. The smallest absolute Gasteiger partial charge is 0.337 e. The number of methoxy groups -OCH3 is 1. The molecule has 0 aliphatic heterocycles. The van der Waals surface area contributed by atoms with Gasteiger partial charge >= 0.3 is 5.97 Å². The molecule has 3 rings (SSSR count). The maximum Gasteiger partial charge on any atom is 0.337 e. The van der Waals surface area contributed by atoms with Gasteiger partial charge in [-0.3, -0.25) is 0 Å². The van der Waals surface area contributed by atoms with E-state index in [9.17, 15) is 4.79 Å². The molecule has 0 radical (unpaired) electrons. The molecule has 1 N–H and O–H groups in total. The van der Waals surface area contributed by atoms with E-state index in [1.807, 2.05) is 18.2 Å². The van der Waals surface area contributed by atoms with Gasteiger partial charge in [0.05, 0.1) is 17.7 Å². The summed E-state index contributed by atoms with van der Waals surface area (Å²) in [6.07, 6.45) is 0. The number of oxazole rings is 1. The van der Waals surface area contributed by atoms with Crippen LogP contribution in [0.1, 0.15) is 15.9 Å². The summed E-state index contributed by atoms with van der Waals surface area (Å²) in [6, 6.07) is 10.8. The third-order valence-corrected chi connectivity index (χ3v) is 3.71. The Kier molecular flexibility index (Phi) is 4.41. The van der Waals surface area contributed by atoms with Crippen molar-refractivity contribution < 1.29 is 13.9 Å². The third-order valence-electron chi connectivity index (χ3n) is 3.20. The molecule has 0 aliphatic carbocycles. The van der Waals surface area contributed by atoms with Crippen molar-refractivity contribution in [2.24, 2.45) is 0 Å². The van der Waals surface area contributed by atoms with Crippen molar-refractivity contribution in [1.82, 2.24) is 4.98 Å². The van der Waals surface area contributed by atoms with Crippen molar-refractivity contribution in [2.75, 3.05) is 12.4 Å². The molecule has 0 saturated carbocycles. The van der Waals surface area contributed by atoms with Crippen LogP contribution in [0.2, 0.25) is 10.0 Å². The topological polar surface area (TPSA) is 64.4 Å². The average Bonchev–Trinajstić information content (AvgIpc) is 2.96. The number of aromatic nitrogens is 1. The van der Waals surface area contributed by atoms with Gasteiger partial charge in [-0.15, -0.1) is 0 Å². The Labute approximate surface area is 142 Å². The Hall–Kier alpha value is -2.24. The molecule has 0 bridgehead atoms. The number of fused-ring (bicyclic) bond motifs is 1. The molecule has 1 aromatic heterocycles. The van der Waals surface area contributed by atoms with Crippen molar-refractivity contribution in [3.63, 3.8) is 0 Å².